The molecule has 2 rings (SSSR count). The van der Waals surface area contributed by atoms with Crippen molar-refractivity contribution in [3.8, 4) is 0 Å². The van der Waals surface area contributed by atoms with Gasteiger partial charge in [0.1, 0.15) is 5.82 Å². The normalized spacial score (nSPS) is 12.6. The summed E-state index contributed by atoms with van der Waals surface area (Å²) in [6.45, 7) is 2.81. The van der Waals surface area contributed by atoms with E-state index >= 15 is 0 Å². The Kier molecular flexibility index (Phi) is 4.56. The van der Waals surface area contributed by atoms with Crippen molar-refractivity contribution in [2.45, 2.75) is 32.4 Å². The van der Waals surface area contributed by atoms with Crippen molar-refractivity contribution in [3.63, 3.8) is 0 Å². The van der Waals surface area contributed by atoms with Gasteiger partial charge in [0.25, 0.3) is 0 Å². The zero-order chi connectivity index (χ0) is 13.8. The zero-order valence-corrected chi connectivity index (χ0v) is 11.4. The topological polar surface area (TPSA) is 38.0 Å². The Balaban J connectivity index is 1.98. The number of benzene rings is 1. The highest BCUT2D eigenvalue weighted by atomic mass is 35.5. The number of hydrogen-bond acceptors (Lipinski definition) is 2. The number of aliphatic hydroxyl groups is 1. The van der Waals surface area contributed by atoms with E-state index in [1.165, 1.54) is 12.1 Å². The number of hydrogen-bond donors (Lipinski definition) is 1. The molecule has 102 valence electrons. The number of aliphatic hydroxyl groups excluding tert-OH is 1. The lowest BCUT2D eigenvalue weighted by Crippen LogP contribution is -2.14. The predicted molar refractivity (Wildman–Crippen MR) is 72.7 cm³/mol. The number of aromatic nitrogens is 2. The molecular formula is C14H16ClFN2O. The molecule has 3 nitrogen and oxygen atoms in total. The molecule has 0 radical (unpaired) electrons. The summed E-state index contributed by atoms with van der Waals surface area (Å²) in [6.07, 6.45) is 4.01. The third-order valence-corrected chi connectivity index (χ3v) is 3.30. The van der Waals surface area contributed by atoms with Gasteiger partial charge < -0.3 is 5.11 Å². The van der Waals surface area contributed by atoms with E-state index in [1.54, 1.807) is 12.3 Å². The molecular weight excluding hydrogens is 267 g/mol. The first kappa shape index (κ1) is 14.0. The summed E-state index contributed by atoms with van der Waals surface area (Å²) < 4.78 is 14.7. The van der Waals surface area contributed by atoms with Gasteiger partial charge >= 0.3 is 0 Å². The average Bonchev–Trinajstić information content (AvgIpc) is 2.80. The van der Waals surface area contributed by atoms with Gasteiger partial charge in [-0.1, -0.05) is 17.7 Å². The van der Waals surface area contributed by atoms with E-state index in [4.69, 9.17) is 11.6 Å². The Labute approximate surface area is 116 Å². The van der Waals surface area contributed by atoms with Gasteiger partial charge in [0.2, 0.25) is 0 Å². The van der Waals surface area contributed by atoms with E-state index in [9.17, 15) is 9.50 Å². The largest absolute Gasteiger partial charge is 0.392 e. The number of rotatable bonds is 5. The van der Waals surface area contributed by atoms with E-state index in [-0.39, 0.29) is 5.82 Å². The Hall–Kier alpha value is -1.39. The van der Waals surface area contributed by atoms with Crippen LogP contribution in [0.4, 0.5) is 4.39 Å². The van der Waals surface area contributed by atoms with Crippen molar-refractivity contribution in [3.05, 3.63) is 52.6 Å². The highest BCUT2D eigenvalue weighted by molar-refractivity contribution is 6.31. The lowest BCUT2D eigenvalue weighted by Gasteiger charge is -2.10. The second-order valence-electron chi connectivity index (χ2n) is 4.50. The maximum atomic E-state index is 12.9. The quantitative estimate of drug-likeness (QED) is 0.916. The smallest absolute Gasteiger partial charge is 0.124 e. The first-order chi connectivity index (χ1) is 9.08. The summed E-state index contributed by atoms with van der Waals surface area (Å²) in [7, 11) is 0. The molecule has 2 aromatic rings. The molecule has 0 fully saturated rings. The Morgan fingerprint density at radius 1 is 1.42 bits per heavy atom. The minimum absolute atomic E-state index is 0.350. The van der Waals surface area contributed by atoms with Crippen LogP contribution >= 0.6 is 11.6 Å². The number of halogens is 2. The van der Waals surface area contributed by atoms with Crippen LogP contribution in [0.2, 0.25) is 5.02 Å². The molecule has 5 heteroatoms. The van der Waals surface area contributed by atoms with Crippen molar-refractivity contribution in [2.75, 3.05) is 0 Å². The Morgan fingerprint density at radius 2 is 2.21 bits per heavy atom. The molecule has 0 saturated carbocycles. The van der Waals surface area contributed by atoms with Gasteiger partial charge in [0.05, 0.1) is 12.3 Å². The summed E-state index contributed by atoms with van der Waals surface area (Å²) >= 11 is 5.94. The van der Waals surface area contributed by atoms with Crippen LogP contribution < -0.4 is 0 Å². The van der Waals surface area contributed by atoms with Gasteiger partial charge in [-0.2, -0.15) is 5.10 Å². The molecule has 0 bridgehead atoms. The van der Waals surface area contributed by atoms with Crippen LogP contribution in [0.1, 0.15) is 18.1 Å². The number of nitrogens with zero attached hydrogens (tertiary/aromatic N) is 2. The lowest BCUT2D eigenvalue weighted by atomic mass is 10.0. The highest BCUT2D eigenvalue weighted by Gasteiger charge is 2.11. The van der Waals surface area contributed by atoms with Crippen LogP contribution in [-0.4, -0.2) is 21.0 Å². The van der Waals surface area contributed by atoms with Gasteiger partial charge in [-0.3, -0.25) is 4.68 Å². The molecule has 0 amide bonds. The van der Waals surface area contributed by atoms with E-state index in [1.807, 2.05) is 17.8 Å². The minimum Gasteiger partial charge on any atom is -0.392 e. The van der Waals surface area contributed by atoms with Gasteiger partial charge in [-0.15, -0.1) is 0 Å². The molecule has 1 aromatic heterocycles. The molecule has 1 N–H and O–H groups in total. The van der Waals surface area contributed by atoms with Crippen LogP contribution in [0.3, 0.4) is 0 Å². The van der Waals surface area contributed by atoms with Crippen molar-refractivity contribution in [2.24, 2.45) is 0 Å². The van der Waals surface area contributed by atoms with Gasteiger partial charge in [0, 0.05) is 30.6 Å². The molecule has 1 atom stereocenters. The van der Waals surface area contributed by atoms with E-state index in [0.29, 0.717) is 17.9 Å². The fourth-order valence-corrected chi connectivity index (χ4v) is 2.21. The maximum Gasteiger partial charge on any atom is 0.124 e. The van der Waals surface area contributed by atoms with E-state index in [0.717, 1.165) is 17.7 Å². The van der Waals surface area contributed by atoms with Crippen molar-refractivity contribution < 1.29 is 9.50 Å². The summed E-state index contributed by atoms with van der Waals surface area (Å²) in [6, 6.07) is 4.22. The zero-order valence-electron chi connectivity index (χ0n) is 10.7. The predicted octanol–water partition coefficient (Wildman–Crippen LogP) is 2.84. The van der Waals surface area contributed by atoms with Crippen LogP contribution in [0, 0.1) is 5.82 Å². The standard InChI is InChI=1S/C14H16ClFN2O/c1-2-18-9-10(8-17-18)5-13(19)6-11-3-4-12(16)7-14(11)15/h3-4,7-9,13,19H,2,5-6H2,1H3. The third-order valence-electron chi connectivity index (χ3n) is 2.95. The first-order valence-corrected chi connectivity index (χ1v) is 6.59. The van der Waals surface area contributed by atoms with Crippen molar-refractivity contribution >= 4 is 11.6 Å². The second kappa shape index (κ2) is 6.17. The monoisotopic (exact) mass is 282 g/mol. The summed E-state index contributed by atoms with van der Waals surface area (Å²) in [5.74, 6) is -0.368. The Bertz CT molecular complexity index is 556. The summed E-state index contributed by atoms with van der Waals surface area (Å²) in [5, 5.41) is 14.5. The average molecular weight is 283 g/mol. The molecule has 0 aliphatic heterocycles. The van der Waals surface area contributed by atoms with Gasteiger partial charge in [0.15, 0.2) is 0 Å². The maximum absolute atomic E-state index is 12.9. The summed E-state index contributed by atoms with van der Waals surface area (Å²) in [5.41, 5.74) is 1.73. The van der Waals surface area contributed by atoms with Crippen LogP contribution in [-0.2, 0) is 19.4 Å². The molecule has 1 aromatic carbocycles. The van der Waals surface area contributed by atoms with Crippen LogP contribution in [0.25, 0.3) is 0 Å². The van der Waals surface area contributed by atoms with E-state index in [2.05, 4.69) is 5.10 Å². The van der Waals surface area contributed by atoms with Gasteiger partial charge in [-0.25, -0.2) is 4.39 Å². The van der Waals surface area contributed by atoms with Gasteiger partial charge in [-0.05, 0) is 30.2 Å². The summed E-state index contributed by atoms with van der Waals surface area (Å²) in [4.78, 5) is 0. The molecule has 0 aliphatic carbocycles. The molecule has 0 saturated heterocycles. The highest BCUT2D eigenvalue weighted by Crippen LogP contribution is 2.19. The minimum atomic E-state index is -0.558. The molecule has 1 heterocycles. The lowest BCUT2D eigenvalue weighted by molar-refractivity contribution is 0.175. The SMILES string of the molecule is CCn1cc(CC(O)Cc2ccc(F)cc2Cl)cn1. The fourth-order valence-electron chi connectivity index (χ4n) is 1.97. The molecule has 1 unspecified atom stereocenters. The first-order valence-electron chi connectivity index (χ1n) is 6.21. The second-order valence-corrected chi connectivity index (χ2v) is 4.91. The van der Waals surface area contributed by atoms with Crippen LogP contribution in [0.5, 0.6) is 0 Å². The van der Waals surface area contributed by atoms with Crippen molar-refractivity contribution in [1.29, 1.82) is 0 Å². The van der Waals surface area contributed by atoms with Crippen LogP contribution in [0.15, 0.2) is 30.6 Å². The third kappa shape index (κ3) is 3.78. The van der Waals surface area contributed by atoms with E-state index < -0.39 is 6.10 Å². The van der Waals surface area contributed by atoms with Crippen molar-refractivity contribution in [1.82, 2.24) is 9.78 Å². The fraction of sp³-hybridized carbons (Fsp3) is 0.357. The molecule has 0 spiro atoms. The molecule has 0 aliphatic rings. The number of aryl methyl sites for hydroxylation is 1. The molecule has 19 heavy (non-hydrogen) atoms. The Morgan fingerprint density at radius 3 is 2.84 bits per heavy atom.